The van der Waals surface area contributed by atoms with Crippen LogP contribution in [0.15, 0.2) is 34.7 Å². The van der Waals surface area contributed by atoms with Crippen molar-refractivity contribution in [2.24, 2.45) is 5.92 Å². The molecule has 0 amide bonds. The van der Waals surface area contributed by atoms with Crippen LogP contribution in [0.5, 0.6) is 0 Å². The van der Waals surface area contributed by atoms with Gasteiger partial charge in [-0.1, -0.05) is 18.9 Å². The van der Waals surface area contributed by atoms with Crippen molar-refractivity contribution in [3.8, 4) is 11.5 Å². The number of anilines is 3. The Bertz CT molecular complexity index is 962. The molecule has 2 aromatic carbocycles. The maximum Gasteiger partial charge on any atom is 0.315 e. The van der Waals surface area contributed by atoms with E-state index >= 15 is 0 Å². The predicted octanol–water partition coefficient (Wildman–Crippen LogP) is 5.57. The molecule has 9 heteroatoms. The highest BCUT2D eigenvalue weighted by molar-refractivity contribution is 14.1. The highest BCUT2D eigenvalue weighted by Crippen LogP contribution is 2.34. The van der Waals surface area contributed by atoms with E-state index in [-0.39, 0.29) is 28.8 Å². The molecule has 27 heavy (non-hydrogen) atoms. The molecule has 0 unspecified atom stereocenters. The third-order valence-electron chi connectivity index (χ3n) is 3.60. The Morgan fingerprint density at radius 2 is 1.85 bits per heavy atom. The minimum absolute atomic E-state index is 0.00108. The van der Waals surface area contributed by atoms with E-state index in [4.69, 9.17) is 4.42 Å². The Kier molecular flexibility index (Phi) is 5.88. The summed E-state index contributed by atoms with van der Waals surface area (Å²) in [6, 6.07) is 6.77. The summed E-state index contributed by atoms with van der Waals surface area (Å²) in [7, 11) is 0. The zero-order valence-corrected chi connectivity index (χ0v) is 16.6. The van der Waals surface area contributed by atoms with Crippen LogP contribution in [0.2, 0.25) is 0 Å². The topological polar surface area (TPSA) is 63.0 Å². The Morgan fingerprint density at radius 3 is 2.56 bits per heavy atom. The molecule has 3 aromatic rings. The number of rotatable bonds is 6. The van der Waals surface area contributed by atoms with Crippen LogP contribution in [0.4, 0.5) is 30.6 Å². The van der Waals surface area contributed by atoms with Gasteiger partial charge in [0.1, 0.15) is 5.82 Å². The molecular weight excluding hydrogens is 472 g/mol. The quantitative estimate of drug-likeness (QED) is 0.445. The van der Waals surface area contributed by atoms with Gasteiger partial charge >= 0.3 is 6.01 Å². The van der Waals surface area contributed by atoms with Crippen LogP contribution in [0.25, 0.3) is 11.5 Å². The number of benzene rings is 2. The average molecular weight is 488 g/mol. The summed E-state index contributed by atoms with van der Waals surface area (Å²) in [5.74, 6) is -2.51. The molecule has 0 radical (unpaired) electrons. The maximum absolute atomic E-state index is 14.4. The van der Waals surface area contributed by atoms with Crippen LogP contribution in [-0.4, -0.2) is 16.7 Å². The lowest BCUT2D eigenvalue weighted by Crippen LogP contribution is -2.07. The number of aromatic nitrogens is 2. The fraction of sp³-hybridized carbons (Fsp3) is 0.222. The summed E-state index contributed by atoms with van der Waals surface area (Å²) in [6.45, 7) is 4.63. The molecule has 0 aliphatic carbocycles. The molecule has 3 rings (SSSR count). The molecule has 1 heterocycles. The first-order chi connectivity index (χ1) is 12.8. The molecule has 5 nitrogen and oxygen atoms in total. The van der Waals surface area contributed by atoms with Gasteiger partial charge in [-0.25, -0.2) is 13.2 Å². The summed E-state index contributed by atoms with van der Waals surface area (Å²) >= 11 is 1.95. The minimum atomic E-state index is -1.17. The van der Waals surface area contributed by atoms with Crippen molar-refractivity contribution in [2.75, 3.05) is 17.2 Å². The van der Waals surface area contributed by atoms with E-state index in [0.29, 0.717) is 16.0 Å². The number of hydrogen-bond donors (Lipinski definition) is 2. The summed E-state index contributed by atoms with van der Waals surface area (Å²) in [5.41, 5.74) is -0.162. The average Bonchev–Trinajstić information content (AvgIpc) is 3.08. The molecule has 0 aliphatic heterocycles. The SMILES string of the molecule is CC(C)CNc1nnc(-c2ccc(F)c(F)c2Nc2ccc(I)cc2F)o1. The van der Waals surface area contributed by atoms with Gasteiger partial charge in [0.15, 0.2) is 11.6 Å². The number of nitrogens with one attached hydrogen (secondary N) is 2. The van der Waals surface area contributed by atoms with Gasteiger partial charge in [-0.2, -0.15) is 0 Å². The van der Waals surface area contributed by atoms with Crippen LogP contribution in [-0.2, 0) is 0 Å². The van der Waals surface area contributed by atoms with Gasteiger partial charge in [0.25, 0.3) is 5.89 Å². The highest BCUT2D eigenvalue weighted by atomic mass is 127. The second-order valence-corrected chi connectivity index (χ2v) is 7.47. The molecule has 0 atom stereocenters. The summed E-state index contributed by atoms with van der Waals surface area (Å²) in [4.78, 5) is 0. The second kappa shape index (κ2) is 8.15. The lowest BCUT2D eigenvalue weighted by molar-refractivity contribution is 0.510. The molecule has 0 aliphatic rings. The van der Waals surface area contributed by atoms with E-state index < -0.39 is 17.5 Å². The van der Waals surface area contributed by atoms with Gasteiger partial charge in [-0.05, 0) is 58.8 Å². The van der Waals surface area contributed by atoms with E-state index in [1.807, 2.05) is 36.4 Å². The van der Waals surface area contributed by atoms with Gasteiger partial charge in [0.2, 0.25) is 0 Å². The van der Waals surface area contributed by atoms with E-state index in [9.17, 15) is 13.2 Å². The Balaban J connectivity index is 1.98. The third-order valence-corrected chi connectivity index (χ3v) is 4.27. The van der Waals surface area contributed by atoms with Crippen molar-refractivity contribution in [3.63, 3.8) is 0 Å². The summed E-state index contributed by atoms with van der Waals surface area (Å²) in [6.07, 6.45) is 0. The zero-order valence-electron chi connectivity index (χ0n) is 14.5. The van der Waals surface area contributed by atoms with E-state index in [1.54, 1.807) is 6.07 Å². The zero-order chi connectivity index (χ0) is 19.6. The van der Waals surface area contributed by atoms with Crippen molar-refractivity contribution in [3.05, 3.63) is 51.4 Å². The Hall–Kier alpha value is -2.30. The van der Waals surface area contributed by atoms with Crippen molar-refractivity contribution in [2.45, 2.75) is 13.8 Å². The molecule has 0 fully saturated rings. The van der Waals surface area contributed by atoms with Crippen molar-refractivity contribution < 1.29 is 17.6 Å². The minimum Gasteiger partial charge on any atom is -0.403 e. The molecule has 0 saturated carbocycles. The van der Waals surface area contributed by atoms with E-state index in [2.05, 4.69) is 20.8 Å². The van der Waals surface area contributed by atoms with Crippen molar-refractivity contribution >= 4 is 40.0 Å². The van der Waals surface area contributed by atoms with Crippen molar-refractivity contribution in [1.82, 2.24) is 10.2 Å². The molecule has 1 aromatic heterocycles. The smallest absolute Gasteiger partial charge is 0.315 e. The Morgan fingerprint density at radius 1 is 1.07 bits per heavy atom. The van der Waals surface area contributed by atoms with Crippen LogP contribution in [0.1, 0.15) is 13.8 Å². The van der Waals surface area contributed by atoms with E-state index in [0.717, 1.165) is 6.07 Å². The monoisotopic (exact) mass is 488 g/mol. The highest BCUT2D eigenvalue weighted by Gasteiger charge is 2.20. The van der Waals surface area contributed by atoms with Gasteiger partial charge < -0.3 is 15.1 Å². The third kappa shape index (κ3) is 4.52. The molecule has 0 saturated heterocycles. The Labute approximate surface area is 167 Å². The fourth-order valence-corrected chi connectivity index (χ4v) is 2.72. The largest absolute Gasteiger partial charge is 0.403 e. The first-order valence-electron chi connectivity index (χ1n) is 8.13. The lowest BCUT2D eigenvalue weighted by Gasteiger charge is -2.12. The standard InChI is InChI=1S/C18H16F3IN4O/c1-9(2)8-23-18-26-25-17(27-18)11-4-5-12(19)15(21)16(11)24-14-6-3-10(22)7-13(14)20/h3-7,9,24H,8H2,1-2H3,(H,23,26). The van der Waals surface area contributed by atoms with Crippen LogP contribution < -0.4 is 10.6 Å². The molecule has 0 bridgehead atoms. The van der Waals surface area contributed by atoms with Crippen LogP contribution in [0.3, 0.4) is 0 Å². The fourth-order valence-electron chi connectivity index (χ4n) is 2.27. The van der Waals surface area contributed by atoms with Gasteiger partial charge in [-0.15, -0.1) is 5.10 Å². The first-order valence-corrected chi connectivity index (χ1v) is 9.21. The van der Waals surface area contributed by atoms with Crippen LogP contribution in [0, 0.1) is 26.9 Å². The first kappa shape index (κ1) is 19.5. The number of halogens is 4. The summed E-state index contributed by atoms with van der Waals surface area (Å²) in [5, 5.41) is 13.3. The predicted molar refractivity (Wildman–Crippen MR) is 105 cm³/mol. The molecule has 0 spiro atoms. The van der Waals surface area contributed by atoms with Crippen molar-refractivity contribution in [1.29, 1.82) is 0 Å². The van der Waals surface area contributed by atoms with E-state index in [1.165, 1.54) is 18.2 Å². The maximum atomic E-state index is 14.4. The lowest BCUT2D eigenvalue weighted by atomic mass is 10.1. The van der Waals surface area contributed by atoms with Crippen LogP contribution >= 0.6 is 22.6 Å². The van der Waals surface area contributed by atoms with Gasteiger partial charge in [0, 0.05) is 10.1 Å². The summed E-state index contributed by atoms with van der Waals surface area (Å²) < 4.78 is 48.5. The number of hydrogen-bond acceptors (Lipinski definition) is 5. The van der Waals surface area contributed by atoms with Gasteiger partial charge in [-0.3, -0.25) is 0 Å². The molecule has 142 valence electrons. The number of nitrogens with zero attached hydrogens (tertiary/aromatic N) is 2. The molecule has 2 N–H and O–H groups in total. The molecular formula is C18H16F3IN4O. The second-order valence-electron chi connectivity index (χ2n) is 6.22. The van der Waals surface area contributed by atoms with Gasteiger partial charge in [0.05, 0.1) is 16.9 Å². The normalized spacial score (nSPS) is 11.1.